The summed E-state index contributed by atoms with van der Waals surface area (Å²) in [5.41, 5.74) is 0. The third-order valence-corrected chi connectivity index (χ3v) is 0.698. The lowest BCUT2D eigenvalue weighted by Crippen LogP contribution is -2.17. The van der Waals surface area contributed by atoms with Gasteiger partial charge in [-0.25, -0.2) is 4.79 Å². The van der Waals surface area contributed by atoms with Gasteiger partial charge in [0.2, 0.25) is 0 Å². The van der Waals surface area contributed by atoms with E-state index in [4.69, 9.17) is 25.2 Å². The number of hydrogen-bond donors (Lipinski definition) is 4. The number of aliphatic hydroxyl groups excluding tert-OH is 2. The van der Waals surface area contributed by atoms with Crippen LogP contribution in [0.4, 0.5) is 4.79 Å². The van der Waals surface area contributed by atoms with Gasteiger partial charge in [-0.1, -0.05) is 0 Å². The molecule has 0 saturated carbocycles. The van der Waals surface area contributed by atoms with Crippen LogP contribution in [0.5, 0.6) is 0 Å². The van der Waals surface area contributed by atoms with E-state index in [1.54, 1.807) is 13.8 Å². The lowest BCUT2D eigenvalue weighted by atomic mass is 10.3. The zero-order valence-electron chi connectivity index (χ0n) is 5.85. The number of carbonyl (C=O) groups is 1. The van der Waals surface area contributed by atoms with Crippen LogP contribution in [0.3, 0.4) is 0 Å². The van der Waals surface area contributed by atoms with Crippen LogP contribution in [0, 0.1) is 0 Å². The number of rotatable bonds is 1. The van der Waals surface area contributed by atoms with Gasteiger partial charge in [0.15, 0.2) is 0 Å². The maximum atomic E-state index is 8.56. The van der Waals surface area contributed by atoms with Crippen molar-refractivity contribution in [2.75, 3.05) is 0 Å². The van der Waals surface area contributed by atoms with Crippen LogP contribution in [0.2, 0.25) is 0 Å². The highest BCUT2D eigenvalue weighted by Gasteiger charge is 1.99. The van der Waals surface area contributed by atoms with Gasteiger partial charge in [0.1, 0.15) is 0 Å². The molecule has 0 saturated heterocycles. The topological polar surface area (TPSA) is 98.0 Å². The minimum absolute atomic E-state index is 0.593. The summed E-state index contributed by atoms with van der Waals surface area (Å²) in [6, 6.07) is 0. The number of carboxylic acid groups (broad SMARTS) is 2. The Morgan fingerprint density at radius 3 is 1.20 bits per heavy atom. The van der Waals surface area contributed by atoms with Crippen molar-refractivity contribution < 1.29 is 25.2 Å². The molecule has 0 aromatic carbocycles. The minimum Gasteiger partial charge on any atom is -0.450 e. The van der Waals surface area contributed by atoms with Crippen LogP contribution < -0.4 is 0 Å². The standard InChI is InChI=1S/C4H10O2.CH2O3/c1-3(5)4(2)6;2-1(3)4/h3-6H,1-2H3;(H2,2,3,4). The molecule has 5 nitrogen and oxygen atoms in total. The van der Waals surface area contributed by atoms with Crippen molar-refractivity contribution in [1.82, 2.24) is 0 Å². The SMILES string of the molecule is CC(O)C(C)O.O=C(O)O. The van der Waals surface area contributed by atoms with E-state index in [0.29, 0.717) is 0 Å². The van der Waals surface area contributed by atoms with Crippen LogP contribution >= 0.6 is 0 Å². The molecule has 0 bridgehead atoms. The molecule has 5 heteroatoms. The second kappa shape index (κ2) is 6.31. The van der Waals surface area contributed by atoms with Crippen LogP contribution in [0.25, 0.3) is 0 Å². The molecule has 2 unspecified atom stereocenters. The zero-order valence-corrected chi connectivity index (χ0v) is 5.85. The highest BCUT2D eigenvalue weighted by atomic mass is 16.6. The predicted molar refractivity (Wildman–Crippen MR) is 34.0 cm³/mol. The van der Waals surface area contributed by atoms with Gasteiger partial charge in [0.25, 0.3) is 0 Å². The Balaban J connectivity index is 0. The number of hydrogen-bond acceptors (Lipinski definition) is 3. The highest BCUT2D eigenvalue weighted by molar-refractivity contribution is 5.53. The third-order valence-electron chi connectivity index (χ3n) is 0.698. The summed E-state index contributed by atoms with van der Waals surface area (Å²) in [5.74, 6) is 0. The van der Waals surface area contributed by atoms with Gasteiger partial charge >= 0.3 is 6.16 Å². The first-order valence-corrected chi connectivity index (χ1v) is 2.66. The Morgan fingerprint density at radius 2 is 1.20 bits per heavy atom. The van der Waals surface area contributed by atoms with Gasteiger partial charge < -0.3 is 20.4 Å². The third kappa shape index (κ3) is 27.1. The summed E-state index contributed by atoms with van der Waals surface area (Å²) in [5, 5.41) is 30.7. The van der Waals surface area contributed by atoms with Crippen molar-refractivity contribution >= 4 is 6.16 Å². The molecule has 0 aromatic rings. The Hall–Kier alpha value is -0.810. The van der Waals surface area contributed by atoms with E-state index in [2.05, 4.69) is 0 Å². The fourth-order valence-electron chi connectivity index (χ4n) is 0. The van der Waals surface area contributed by atoms with Crippen molar-refractivity contribution in [1.29, 1.82) is 0 Å². The first kappa shape index (κ1) is 11.9. The summed E-state index contributed by atoms with van der Waals surface area (Å²) in [4.78, 5) is 8.56. The van der Waals surface area contributed by atoms with E-state index in [0.717, 1.165) is 0 Å². The van der Waals surface area contributed by atoms with Crippen molar-refractivity contribution in [2.45, 2.75) is 26.1 Å². The van der Waals surface area contributed by atoms with Gasteiger partial charge in [-0.2, -0.15) is 0 Å². The zero-order chi connectivity index (χ0) is 8.73. The molecule has 62 valence electrons. The lowest BCUT2D eigenvalue weighted by Gasteiger charge is -2.03. The molecule has 0 aromatic heterocycles. The molecule has 0 spiro atoms. The molecule has 0 aliphatic rings. The minimum atomic E-state index is -1.83. The molecular weight excluding hydrogens is 140 g/mol. The van der Waals surface area contributed by atoms with Gasteiger partial charge in [-0.05, 0) is 13.8 Å². The molecule has 0 aliphatic carbocycles. The van der Waals surface area contributed by atoms with Crippen LogP contribution in [-0.4, -0.2) is 38.8 Å². The lowest BCUT2D eigenvalue weighted by molar-refractivity contribution is 0.0438. The van der Waals surface area contributed by atoms with E-state index < -0.39 is 18.4 Å². The van der Waals surface area contributed by atoms with E-state index in [9.17, 15) is 0 Å². The molecule has 2 atom stereocenters. The summed E-state index contributed by atoms with van der Waals surface area (Å²) < 4.78 is 0. The quantitative estimate of drug-likeness (QED) is 0.423. The normalized spacial score (nSPS) is 14.4. The largest absolute Gasteiger partial charge is 0.503 e. The molecule has 0 heterocycles. The molecule has 4 N–H and O–H groups in total. The number of aliphatic hydroxyl groups is 2. The van der Waals surface area contributed by atoms with Crippen molar-refractivity contribution in [3.63, 3.8) is 0 Å². The van der Waals surface area contributed by atoms with Gasteiger partial charge in [0, 0.05) is 0 Å². The Kier molecular flexibility index (Phi) is 7.53. The summed E-state index contributed by atoms with van der Waals surface area (Å²) >= 11 is 0. The Labute approximate surface area is 58.5 Å². The molecule has 0 amide bonds. The van der Waals surface area contributed by atoms with Crippen LogP contribution in [0.1, 0.15) is 13.8 Å². The van der Waals surface area contributed by atoms with Crippen LogP contribution in [-0.2, 0) is 0 Å². The smallest absolute Gasteiger partial charge is 0.450 e. The average molecular weight is 152 g/mol. The molecular formula is C5H12O5. The van der Waals surface area contributed by atoms with Crippen molar-refractivity contribution in [2.24, 2.45) is 0 Å². The second-order valence-electron chi connectivity index (χ2n) is 1.76. The Morgan fingerprint density at radius 1 is 1.10 bits per heavy atom. The van der Waals surface area contributed by atoms with Gasteiger partial charge in [-0.15, -0.1) is 0 Å². The Bertz CT molecular complexity index is 78.0. The molecule has 0 radical (unpaired) electrons. The van der Waals surface area contributed by atoms with E-state index in [1.807, 2.05) is 0 Å². The summed E-state index contributed by atoms with van der Waals surface area (Å²) in [6.45, 7) is 3.09. The van der Waals surface area contributed by atoms with E-state index in [-0.39, 0.29) is 0 Å². The average Bonchev–Trinajstić information content (AvgIpc) is 1.63. The maximum Gasteiger partial charge on any atom is 0.503 e. The van der Waals surface area contributed by atoms with Crippen LogP contribution in [0.15, 0.2) is 0 Å². The maximum absolute atomic E-state index is 8.56. The van der Waals surface area contributed by atoms with Gasteiger partial charge in [-0.3, -0.25) is 0 Å². The molecule has 10 heavy (non-hydrogen) atoms. The first-order valence-electron chi connectivity index (χ1n) is 2.66. The highest BCUT2D eigenvalue weighted by Crippen LogP contribution is 1.85. The molecule has 0 fully saturated rings. The summed E-state index contributed by atoms with van der Waals surface area (Å²) in [7, 11) is 0. The molecule has 0 rings (SSSR count). The van der Waals surface area contributed by atoms with Crippen molar-refractivity contribution in [3.8, 4) is 0 Å². The van der Waals surface area contributed by atoms with E-state index >= 15 is 0 Å². The van der Waals surface area contributed by atoms with E-state index in [1.165, 1.54) is 0 Å². The fourth-order valence-corrected chi connectivity index (χ4v) is 0. The van der Waals surface area contributed by atoms with Gasteiger partial charge in [0.05, 0.1) is 12.2 Å². The second-order valence-corrected chi connectivity index (χ2v) is 1.76. The van der Waals surface area contributed by atoms with Crippen molar-refractivity contribution in [3.05, 3.63) is 0 Å². The summed E-state index contributed by atoms with van der Waals surface area (Å²) in [6.07, 6.45) is -3.02. The monoisotopic (exact) mass is 152 g/mol. The predicted octanol–water partition coefficient (Wildman–Crippen LogP) is -0.0296. The molecule has 0 aliphatic heterocycles. The fraction of sp³-hybridized carbons (Fsp3) is 0.800. The first-order chi connectivity index (χ1) is 4.37.